The number of methoxy groups -OCH3 is 1. The second-order valence-corrected chi connectivity index (χ2v) is 14.7. The zero-order chi connectivity index (χ0) is 38.3. The van der Waals surface area contributed by atoms with E-state index in [1.165, 1.54) is 68.8 Å². The average Bonchev–Trinajstić information content (AvgIpc) is 3.80. The molecule has 2 aromatic heterocycles. The van der Waals surface area contributed by atoms with Crippen LogP contribution in [0.15, 0.2) is 82.6 Å². The van der Waals surface area contributed by atoms with Crippen LogP contribution in [-0.4, -0.2) is 94.6 Å². The van der Waals surface area contributed by atoms with Gasteiger partial charge in [0.25, 0.3) is 0 Å². The maximum Gasteiger partial charge on any atom is 0.338 e. The molecule has 7 rings (SSSR count). The van der Waals surface area contributed by atoms with Crippen molar-refractivity contribution in [2.45, 2.75) is 31.3 Å². The van der Waals surface area contributed by atoms with E-state index >= 15 is 0 Å². The lowest BCUT2D eigenvalue weighted by atomic mass is 9.85. The maximum absolute atomic E-state index is 14.9. The summed E-state index contributed by atoms with van der Waals surface area (Å²) in [6, 6.07) is 9.83. The van der Waals surface area contributed by atoms with E-state index in [0.717, 1.165) is 6.07 Å². The molecule has 0 aliphatic carbocycles. The van der Waals surface area contributed by atoms with E-state index in [0.29, 0.717) is 59.7 Å². The average molecular weight is 778 g/mol. The van der Waals surface area contributed by atoms with Crippen molar-refractivity contribution in [1.82, 2.24) is 25.1 Å². The Morgan fingerprint density at radius 2 is 1.91 bits per heavy atom. The number of urea groups is 1. The molecule has 280 valence electrons. The van der Waals surface area contributed by atoms with E-state index in [9.17, 15) is 28.3 Å². The zero-order valence-electron chi connectivity index (χ0n) is 29.3. The number of anilines is 1. The first-order valence-corrected chi connectivity index (χ1v) is 18.1. The summed E-state index contributed by atoms with van der Waals surface area (Å²) in [6.07, 6.45) is 3.03. The van der Waals surface area contributed by atoms with Crippen LogP contribution >= 0.6 is 22.9 Å². The number of amides is 2. The maximum atomic E-state index is 14.9. The Morgan fingerprint density at radius 3 is 2.57 bits per heavy atom. The third kappa shape index (κ3) is 7.11. The molecule has 3 aliphatic heterocycles. The summed E-state index contributed by atoms with van der Waals surface area (Å²) in [4.78, 5) is 57.6. The van der Waals surface area contributed by atoms with Gasteiger partial charge < -0.3 is 24.8 Å². The number of aliphatic carboxylic acids is 1. The highest BCUT2D eigenvalue weighted by Crippen LogP contribution is 2.38. The smallest absolute Gasteiger partial charge is 0.338 e. The topological polar surface area (TPSA) is 150 Å². The number of aliphatic imine (C=N–C) groups is 1. The number of nitrogens with one attached hydrogen (secondary N) is 1. The third-order valence-electron chi connectivity index (χ3n) is 9.66. The number of hydrogen-bond donors (Lipinski definition) is 2. The van der Waals surface area contributed by atoms with E-state index < -0.39 is 35.0 Å². The molecular formula is C37H34ClF2N7O6S. The van der Waals surface area contributed by atoms with Crippen molar-refractivity contribution in [1.29, 1.82) is 0 Å². The molecule has 3 aliphatic rings. The lowest BCUT2D eigenvalue weighted by Crippen LogP contribution is -2.53. The van der Waals surface area contributed by atoms with Crippen LogP contribution in [0.2, 0.25) is 5.02 Å². The monoisotopic (exact) mass is 777 g/mol. The number of hydrogen-bond acceptors (Lipinski definition) is 11. The quantitative estimate of drug-likeness (QED) is 0.190. The predicted molar refractivity (Wildman–Crippen MR) is 196 cm³/mol. The molecule has 2 aromatic carbocycles. The van der Waals surface area contributed by atoms with E-state index in [4.69, 9.17) is 26.1 Å². The summed E-state index contributed by atoms with van der Waals surface area (Å²) >= 11 is 7.86. The highest BCUT2D eigenvalue weighted by Gasteiger charge is 2.43. The van der Waals surface area contributed by atoms with Gasteiger partial charge >= 0.3 is 18.0 Å². The second kappa shape index (κ2) is 14.8. The molecule has 2 N–H and O–H groups in total. The number of carboxylic acid groups (broad SMARTS) is 1. The number of pyridine rings is 1. The van der Waals surface area contributed by atoms with Gasteiger partial charge in [-0.05, 0) is 55.8 Å². The molecule has 0 unspecified atom stereocenters. The van der Waals surface area contributed by atoms with Gasteiger partial charge in [0.1, 0.15) is 23.4 Å². The lowest BCUT2D eigenvalue weighted by Gasteiger charge is -2.38. The fraction of sp³-hybridized carbons (Fsp3) is 0.297. The largest absolute Gasteiger partial charge is 0.481 e. The minimum Gasteiger partial charge on any atom is -0.481 e. The Hall–Kier alpha value is -5.45. The molecule has 0 radical (unpaired) electrons. The number of ether oxygens (including phenoxy) is 2. The highest BCUT2D eigenvalue weighted by molar-refractivity contribution is 7.11. The van der Waals surface area contributed by atoms with Gasteiger partial charge in [-0.25, -0.2) is 28.3 Å². The molecule has 2 amide bonds. The molecule has 2 saturated heterocycles. The molecule has 0 bridgehead atoms. The van der Waals surface area contributed by atoms with Gasteiger partial charge in [0.2, 0.25) is 0 Å². The summed E-state index contributed by atoms with van der Waals surface area (Å²) in [5, 5.41) is 15.3. The number of carbonyl (C=O) groups excluding carboxylic acids is 2. The molecule has 2 fully saturated rings. The van der Waals surface area contributed by atoms with Crippen LogP contribution in [0.1, 0.15) is 36.0 Å². The van der Waals surface area contributed by atoms with Crippen LogP contribution in [-0.2, 0) is 19.7 Å². The number of fused-ring (bicyclic) bond motifs is 1. The van der Waals surface area contributed by atoms with Gasteiger partial charge in [-0.2, -0.15) is 0 Å². The molecule has 4 aromatic rings. The first-order chi connectivity index (χ1) is 25.8. The Balaban J connectivity index is 1.07. The van der Waals surface area contributed by atoms with Crippen LogP contribution in [0.25, 0.3) is 0 Å². The number of piperazine rings is 1. The standard InChI is InChI=1S/C37H34ClF2N7O6S/c1-37(2,35(49)50)20-4-8-28(26(40)14-20)53-23-6-9-29(42-16-23)47-18-22-17-45(11-12-46(22)36(47)51)19-27-30(34(48)52-3)31(24-7-5-21(39)15-25(24)38)44-32(43-27)33-41-10-13-54-33/h4-10,13-16,22,31H,11-12,17-19H2,1-3H3,(H,43,44)(H,49,50)/t22-,31-/m0/s1. The van der Waals surface area contributed by atoms with Crippen molar-refractivity contribution >= 4 is 52.6 Å². The summed E-state index contributed by atoms with van der Waals surface area (Å²) in [7, 11) is 1.28. The SMILES string of the molecule is COC(=O)C1=C(CN2CCN3C(=O)N(c4ccc(Oc5ccc(C(C)(C)C(=O)O)cc5F)cn4)C[C@@H]3C2)NC(c2nccs2)=N[C@H]1c1ccc(F)cc1Cl. The molecule has 54 heavy (non-hydrogen) atoms. The van der Waals surface area contributed by atoms with Crippen LogP contribution in [0.5, 0.6) is 11.5 Å². The van der Waals surface area contributed by atoms with Gasteiger partial charge in [-0.15, -0.1) is 11.3 Å². The predicted octanol–water partition coefficient (Wildman–Crippen LogP) is 5.77. The first-order valence-electron chi connectivity index (χ1n) is 16.8. The normalized spacial score (nSPS) is 19.0. The van der Waals surface area contributed by atoms with Crippen molar-refractivity contribution < 1.29 is 37.7 Å². The van der Waals surface area contributed by atoms with Crippen LogP contribution in [0, 0.1) is 11.6 Å². The van der Waals surface area contributed by atoms with Crippen LogP contribution in [0.4, 0.5) is 19.4 Å². The number of thiazole rings is 1. The number of amidine groups is 1. The lowest BCUT2D eigenvalue weighted by molar-refractivity contribution is -0.142. The summed E-state index contributed by atoms with van der Waals surface area (Å²) < 4.78 is 39.8. The number of esters is 1. The van der Waals surface area contributed by atoms with E-state index in [-0.39, 0.29) is 40.7 Å². The Labute approximate surface area is 317 Å². The van der Waals surface area contributed by atoms with E-state index in [1.54, 1.807) is 33.5 Å². The highest BCUT2D eigenvalue weighted by atomic mass is 35.5. The Kier molecular flexibility index (Phi) is 10.1. The van der Waals surface area contributed by atoms with Crippen molar-refractivity contribution in [3.63, 3.8) is 0 Å². The molecule has 0 spiro atoms. The number of rotatable bonds is 10. The van der Waals surface area contributed by atoms with Gasteiger partial charge in [-0.1, -0.05) is 23.7 Å². The van der Waals surface area contributed by atoms with Gasteiger partial charge in [0.05, 0.1) is 36.9 Å². The van der Waals surface area contributed by atoms with Crippen molar-refractivity contribution in [2.75, 3.05) is 44.7 Å². The fourth-order valence-corrected chi connectivity index (χ4v) is 7.47. The molecular weight excluding hydrogens is 744 g/mol. The van der Waals surface area contributed by atoms with Gasteiger partial charge in [0, 0.05) is 54.0 Å². The van der Waals surface area contributed by atoms with Crippen LogP contribution in [0.3, 0.4) is 0 Å². The van der Waals surface area contributed by atoms with Crippen molar-refractivity contribution in [3.8, 4) is 11.5 Å². The minimum absolute atomic E-state index is 0.0981. The second-order valence-electron chi connectivity index (χ2n) is 13.4. The Bertz CT molecular complexity index is 2180. The number of nitrogens with zero attached hydrogens (tertiary/aromatic N) is 6. The van der Waals surface area contributed by atoms with Gasteiger partial charge in [-0.3, -0.25) is 19.6 Å². The van der Waals surface area contributed by atoms with Gasteiger partial charge in [0.15, 0.2) is 22.4 Å². The van der Waals surface area contributed by atoms with Crippen molar-refractivity contribution in [3.05, 3.63) is 110 Å². The molecule has 13 nitrogen and oxygen atoms in total. The summed E-state index contributed by atoms with van der Waals surface area (Å²) in [6.45, 7) is 4.98. The number of carboxylic acids is 1. The molecule has 0 saturated carbocycles. The Morgan fingerprint density at radius 1 is 1.09 bits per heavy atom. The first kappa shape index (κ1) is 36.9. The number of benzene rings is 2. The molecule has 17 heteroatoms. The minimum atomic E-state index is -1.28. The zero-order valence-corrected chi connectivity index (χ0v) is 30.8. The van der Waals surface area contributed by atoms with E-state index in [2.05, 4.69) is 20.2 Å². The van der Waals surface area contributed by atoms with Crippen molar-refractivity contribution in [2.24, 2.45) is 4.99 Å². The number of halogens is 3. The number of aromatic nitrogens is 2. The van der Waals surface area contributed by atoms with E-state index in [1.807, 2.05) is 0 Å². The summed E-state index contributed by atoms with van der Waals surface area (Å²) in [5.74, 6) is -2.00. The van der Waals surface area contributed by atoms with Crippen LogP contribution < -0.4 is 15.0 Å². The summed E-state index contributed by atoms with van der Waals surface area (Å²) in [5.41, 5.74) is 0.189. The fourth-order valence-electron chi connectivity index (χ4n) is 6.61. The number of carbonyl (C=O) groups is 3. The molecule has 2 atom stereocenters. The molecule has 5 heterocycles. The third-order valence-corrected chi connectivity index (χ3v) is 10.8.